The Morgan fingerprint density at radius 1 is 1.60 bits per heavy atom. The van der Waals surface area contributed by atoms with E-state index in [1.54, 1.807) is 13.0 Å². The van der Waals surface area contributed by atoms with Gasteiger partial charge in [0.05, 0.1) is 5.92 Å². The molecular formula is C11H14ClNO2. The van der Waals surface area contributed by atoms with Gasteiger partial charge in [0.15, 0.2) is 0 Å². The summed E-state index contributed by atoms with van der Waals surface area (Å²) >= 11 is 5.80. The minimum absolute atomic E-state index is 0.323. The van der Waals surface area contributed by atoms with Crippen LogP contribution in [0.15, 0.2) is 24.3 Å². The maximum absolute atomic E-state index is 10.5. The molecule has 1 unspecified atom stereocenters. The van der Waals surface area contributed by atoms with Crippen LogP contribution in [0.3, 0.4) is 0 Å². The molecule has 0 amide bonds. The molecule has 0 bridgehead atoms. The normalized spacial score (nSPS) is 12.1. The number of benzene rings is 1. The van der Waals surface area contributed by atoms with Gasteiger partial charge in [-0.1, -0.05) is 24.6 Å². The Morgan fingerprint density at radius 2 is 2.33 bits per heavy atom. The largest absolute Gasteiger partial charge is 0.481 e. The van der Waals surface area contributed by atoms with E-state index < -0.39 is 5.97 Å². The van der Waals surface area contributed by atoms with Crippen molar-refractivity contribution in [2.24, 2.45) is 5.92 Å². The first-order valence-corrected chi connectivity index (χ1v) is 5.19. The molecule has 0 aliphatic rings. The lowest BCUT2D eigenvalue weighted by atomic mass is 10.1. The number of nitrogens with one attached hydrogen (secondary N) is 1. The van der Waals surface area contributed by atoms with E-state index in [-0.39, 0.29) is 5.92 Å². The van der Waals surface area contributed by atoms with E-state index in [2.05, 4.69) is 5.32 Å². The summed E-state index contributed by atoms with van der Waals surface area (Å²) < 4.78 is 0. The van der Waals surface area contributed by atoms with Gasteiger partial charge in [0.1, 0.15) is 0 Å². The number of hydrogen-bond acceptors (Lipinski definition) is 2. The van der Waals surface area contributed by atoms with Crippen LogP contribution in [0.25, 0.3) is 0 Å². The molecule has 0 aliphatic carbocycles. The van der Waals surface area contributed by atoms with Crippen molar-refractivity contribution in [2.75, 3.05) is 11.9 Å². The Kier molecular flexibility index (Phi) is 4.43. The molecule has 82 valence electrons. The van der Waals surface area contributed by atoms with E-state index >= 15 is 0 Å². The van der Waals surface area contributed by atoms with Gasteiger partial charge in [0, 0.05) is 17.3 Å². The van der Waals surface area contributed by atoms with Crippen LogP contribution in [-0.4, -0.2) is 17.6 Å². The topological polar surface area (TPSA) is 49.3 Å². The van der Waals surface area contributed by atoms with E-state index in [1.807, 2.05) is 18.2 Å². The van der Waals surface area contributed by atoms with Crippen molar-refractivity contribution in [1.82, 2.24) is 0 Å². The third-order valence-electron chi connectivity index (χ3n) is 2.15. The summed E-state index contributed by atoms with van der Waals surface area (Å²) in [6.07, 6.45) is 0.599. The van der Waals surface area contributed by atoms with Gasteiger partial charge in [-0.15, -0.1) is 0 Å². The van der Waals surface area contributed by atoms with Gasteiger partial charge in [-0.2, -0.15) is 0 Å². The summed E-state index contributed by atoms with van der Waals surface area (Å²) in [7, 11) is 0. The molecule has 0 spiro atoms. The molecule has 15 heavy (non-hydrogen) atoms. The van der Waals surface area contributed by atoms with Crippen molar-refractivity contribution in [3.05, 3.63) is 29.3 Å². The summed E-state index contributed by atoms with van der Waals surface area (Å²) in [6, 6.07) is 7.36. The summed E-state index contributed by atoms with van der Waals surface area (Å²) in [5.41, 5.74) is 0.917. The van der Waals surface area contributed by atoms with E-state index in [0.29, 0.717) is 18.0 Å². The molecule has 0 fully saturated rings. The van der Waals surface area contributed by atoms with Crippen LogP contribution < -0.4 is 5.32 Å². The second-order valence-electron chi connectivity index (χ2n) is 3.47. The Morgan fingerprint density at radius 3 is 2.93 bits per heavy atom. The van der Waals surface area contributed by atoms with Crippen molar-refractivity contribution < 1.29 is 9.90 Å². The average molecular weight is 228 g/mol. The lowest BCUT2D eigenvalue weighted by Gasteiger charge is -2.08. The molecule has 1 rings (SSSR count). The lowest BCUT2D eigenvalue weighted by Crippen LogP contribution is -2.14. The van der Waals surface area contributed by atoms with Gasteiger partial charge < -0.3 is 10.4 Å². The Labute approximate surface area is 94.1 Å². The van der Waals surface area contributed by atoms with Crippen molar-refractivity contribution in [2.45, 2.75) is 13.3 Å². The second kappa shape index (κ2) is 5.61. The summed E-state index contributed by atoms with van der Waals surface area (Å²) in [5.74, 6) is -1.08. The second-order valence-corrected chi connectivity index (χ2v) is 3.90. The standard InChI is InChI=1S/C11H14ClNO2/c1-8(11(14)15)5-6-13-10-4-2-3-9(12)7-10/h2-4,7-8,13H,5-6H2,1H3,(H,14,15). The number of anilines is 1. The summed E-state index contributed by atoms with van der Waals surface area (Å²) in [4.78, 5) is 10.5. The van der Waals surface area contributed by atoms with Crippen LogP contribution in [0.2, 0.25) is 5.02 Å². The smallest absolute Gasteiger partial charge is 0.306 e. The fourth-order valence-electron chi connectivity index (χ4n) is 1.15. The highest BCUT2D eigenvalue weighted by Gasteiger charge is 2.09. The zero-order valence-corrected chi connectivity index (χ0v) is 9.29. The van der Waals surface area contributed by atoms with E-state index in [4.69, 9.17) is 16.7 Å². The maximum atomic E-state index is 10.5. The molecule has 0 saturated carbocycles. The van der Waals surface area contributed by atoms with Gasteiger partial charge >= 0.3 is 5.97 Å². The lowest BCUT2D eigenvalue weighted by molar-refractivity contribution is -0.141. The van der Waals surface area contributed by atoms with Gasteiger partial charge in [0.2, 0.25) is 0 Å². The molecule has 1 atom stereocenters. The SMILES string of the molecule is CC(CCNc1cccc(Cl)c1)C(=O)O. The maximum Gasteiger partial charge on any atom is 0.306 e. The number of aliphatic carboxylic acids is 1. The van der Waals surface area contributed by atoms with E-state index in [1.165, 1.54) is 0 Å². The first-order chi connectivity index (χ1) is 7.09. The number of carbonyl (C=O) groups is 1. The Hall–Kier alpha value is -1.22. The molecular weight excluding hydrogens is 214 g/mol. The first-order valence-electron chi connectivity index (χ1n) is 4.82. The fourth-order valence-corrected chi connectivity index (χ4v) is 1.35. The van der Waals surface area contributed by atoms with E-state index in [0.717, 1.165) is 5.69 Å². The minimum Gasteiger partial charge on any atom is -0.481 e. The quantitative estimate of drug-likeness (QED) is 0.813. The van der Waals surface area contributed by atoms with Gasteiger partial charge in [0.25, 0.3) is 0 Å². The highest BCUT2D eigenvalue weighted by Crippen LogP contribution is 2.15. The van der Waals surface area contributed by atoms with Crippen LogP contribution in [-0.2, 0) is 4.79 Å². The predicted molar refractivity (Wildman–Crippen MR) is 61.4 cm³/mol. The summed E-state index contributed by atoms with van der Waals surface area (Å²) in [5, 5.41) is 12.5. The van der Waals surface area contributed by atoms with Gasteiger partial charge in [-0.3, -0.25) is 4.79 Å². The predicted octanol–water partition coefficient (Wildman–Crippen LogP) is 2.86. The summed E-state index contributed by atoms with van der Waals surface area (Å²) in [6.45, 7) is 2.33. The van der Waals surface area contributed by atoms with Crippen molar-refractivity contribution in [1.29, 1.82) is 0 Å². The monoisotopic (exact) mass is 227 g/mol. The van der Waals surface area contributed by atoms with Crippen molar-refractivity contribution >= 4 is 23.3 Å². The molecule has 0 heterocycles. The molecule has 1 aromatic carbocycles. The zero-order chi connectivity index (χ0) is 11.3. The number of hydrogen-bond donors (Lipinski definition) is 2. The molecule has 4 heteroatoms. The molecule has 0 aromatic heterocycles. The van der Waals surface area contributed by atoms with Crippen LogP contribution in [0.4, 0.5) is 5.69 Å². The highest BCUT2D eigenvalue weighted by atomic mass is 35.5. The number of rotatable bonds is 5. The number of carboxylic acids is 1. The van der Waals surface area contributed by atoms with Gasteiger partial charge in [-0.25, -0.2) is 0 Å². The number of carboxylic acid groups (broad SMARTS) is 1. The fraction of sp³-hybridized carbons (Fsp3) is 0.364. The molecule has 3 nitrogen and oxygen atoms in total. The zero-order valence-electron chi connectivity index (χ0n) is 8.53. The third kappa shape index (κ3) is 4.21. The molecule has 1 aromatic rings. The van der Waals surface area contributed by atoms with Crippen LogP contribution in [0, 0.1) is 5.92 Å². The van der Waals surface area contributed by atoms with E-state index in [9.17, 15) is 4.79 Å². The Balaban J connectivity index is 2.35. The van der Waals surface area contributed by atoms with Crippen LogP contribution in [0.5, 0.6) is 0 Å². The molecule has 0 aliphatic heterocycles. The molecule has 2 N–H and O–H groups in total. The minimum atomic E-state index is -0.761. The van der Waals surface area contributed by atoms with Crippen molar-refractivity contribution in [3.8, 4) is 0 Å². The van der Waals surface area contributed by atoms with Gasteiger partial charge in [-0.05, 0) is 24.6 Å². The van der Waals surface area contributed by atoms with Crippen molar-refractivity contribution in [3.63, 3.8) is 0 Å². The van der Waals surface area contributed by atoms with Crippen LogP contribution >= 0.6 is 11.6 Å². The Bertz CT molecular complexity index is 341. The molecule has 0 saturated heterocycles. The van der Waals surface area contributed by atoms with Crippen LogP contribution in [0.1, 0.15) is 13.3 Å². The molecule has 0 radical (unpaired) electrons. The third-order valence-corrected chi connectivity index (χ3v) is 2.39. The first kappa shape index (κ1) is 11.9. The number of halogens is 1. The highest BCUT2D eigenvalue weighted by molar-refractivity contribution is 6.30. The average Bonchev–Trinajstić information content (AvgIpc) is 2.17.